The van der Waals surface area contributed by atoms with Crippen LogP contribution >= 0.6 is 11.8 Å². The van der Waals surface area contributed by atoms with Gasteiger partial charge in [-0.2, -0.15) is 0 Å². The number of anilines is 1. The normalized spacial score (nSPS) is 17.3. The summed E-state index contributed by atoms with van der Waals surface area (Å²) in [6, 6.07) is 40.2. The molecule has 3 N–H and O–H groups in total. The molecule has 48 heavy (non-hydrogen) atoms. The lowest BCUT2D eigenvalue weighted by atomic mass is 10.0. The molecule has 0 aliphatic carbocycles. The van der Waals surface area contributed by atoms with Gasteiger partial charge in [-0.3, -0.25) is 0 Å². The summed E-state index contributed by atoms with van der Waals surface area (Å²) in [5, 5.41) is 15.3. The maximum atomic E-state index is 12.6. The molecule has 246 valence electrons. The monoisotopic (exact) mass is 662 g/mol. The van der Waals surface area contributed by atoms with E-state index in [-0.39, 0.29) is 24.8 Å². The highest BCUT2D eigenvalue weighted by atomic mass is 32.2. The number of amides is 2. The van der Waals surface area contributed by atoms with Crippen molar-refractivity contribution in [2.45, 2.75) is 43.0 Å². The third kappa shape index (κ3) is 8.96. The second-order valence-corrected chi connectivity index (χ2v) is 12.4. The van der Waals surface area contributed by atoms with Crippen molar-refractivity contribution >= 4 is 23.5 Å². The summed E-state index contributed by atoms with van der Waals surface area (Å²) in [6.07, 6.45) is -0.130. The minimum absolute atomic E-state index is 0.00368. The number of aliphatic hydroxyl groups is 1. The molecule has 1 fully saturated rings. The Balaban J connectivity index is 1.06. The van der Waals surface area contributed by atoms with Gasteiger partial charge in [-0.1, -0.05) is 78.9 Å². The van der Waals surface area contributed by atoms with Gasteiger partial charge in [-0.25, -0.2) is 4.79 Å². The molecule has 2 amide bonds. The molecule has 0 spiro atoms. The molecule has 9 heteroatoms. The number of aliphatic hydroxyl groups excluding tert-OH is 1. The van der Waals surface area contributed by atoms with E-state index < -0.39 is 6.29 Å². The Bertz CT molecular complexity index is 1750. The fourth-order valence-corrected chi connectivity index (χ4v) is 6.37. The van der Waals surface area contributed by atoms with Crippen LogP contribution in [-0.4, -0.2) is 30.1 Å². The van der Waals surface area contributed by atoms with Gasteiger partial charge in [0.2, 0.25) is 0 Å². The maximum Gasteiger partial charge on any atom is 0.319 e. The number of methoxy groups -OCH3 is 1. The van der Waals surface area contributed by atoms with Crippen molar-refractivity contribution in [3.63, 3.8) is 0 Å². The topological polar surface area (TPSA) is 98.3 Å². The zero-order valence-corrected chi connectivity index (χ0v) is 27.4. The smallest absolute Gasteiger partial charge is 0.319 e. The van der Waals surface area contributed by atoms with Crippen molar-refractivity contribution < 1.29 is 28.8 Å². The van der Waals surface area contributed by atoms with E-state index in [9.17, 15) is 9.90 Å². The van der Waals surface area contributed by atoms with Gasteiger partial charge in [0, 0.05) is 34.9 Å². The summed E-state index contributed by atoms with van der Waals surface area (Å²) in [6.45, 7) is 0.349. The average Bonchev–Trinajstić information content (AvgIpc) is 3.14. The van der Waals surface area contributed by atoms with Crippen molar-refractivity contribution in [1.82, 2.24) is 5.32 Å². The quantitative estimate of drug-likeness (QED) is 0.115. The van der Waals surface area contributed by atoms with Crippen LogP contribution < -0.4 is 20.1 Å². The molecular formula is C39H38N2O6S. The Morgan fingerprint density at radius 2 is 1.46 bits per heavy atom. The lowest BCUT2D eigenvalue weighted by Gasteiger charge is -2.36. The summed E-state index contributed by atoms with van der Waals surface area (Å²) < 4.78 is 24.4. The molecule has 3 atom stereocenters. The lowest BCUT2D eigenvalue weighted by molar-refractivity contribution is -0.245. The number of carbonyl (C=O) groups excluding carboxylic acids is 1. The molecule has 0 bridgehead atoms. The number of rotatable bonds is 12. The van der Waals surface area contributed by atoms with Crippen LogP contribution in [0, 0.1) is 0 Å². The predicted octanol–water partition coefficient (Wildman–Crippen LogP) is 8.64. The molecule has 6 rings (SSSR count). The summed E-state index contributed by atoms with van der Waals surface area (Å²) in [5.41, 5.74) is 4.39. The summed E-state index contributed by atoms with van der Waals surface area (Å²) in [7, 11) is 1.68. The van der Waals surface area contributed by atoms with Crippen molar-refractivity contribution in [3.05, 3.63) is 150 Å². The molecule has 0 saturated carbocycles. The molecule has 0 radical (unpaired) electrons. The van der Waals surface area contributed by atoms with Gasteiger partial charge in [0.1, 0.15) is 17.2 Å². The van der Waals surface area contributed by atoms with Crippen LogP contribution in [0.25, 0.3) is 0 Å². The SMILES string of the molecule is COc1ccccc1SC[C@H]1C[C@@H](c2ccc(CO)cc2)O[C@@H](c2ccc(CNC(=O)Nc3ccc(Oc4ccccc4)cc3)cc2)O1. The largest absolute Gasteiger partial charge is 0.496 e. The van der Waals surface area contributed by atoms with Crippen molar-refractivity contribution in [2.24, 2.45) is 0 Å². The summed E-state index contributed by atoms with van der Waals surface area (Å²) in [4.78, 5) is 13.7. The van der Waals surface area contributed by atoms with E-state index in [4.69, 9.17) is 18.9 Å². The van der Waals surface area contributed by atoms with Gasteiger partial charge >= 0.3 is 6.03 Å². The van der Waals surface area contributed by atoms with E-state index in [2.05, 4.69) is 16.7 Å². The molecule has 0 aromatic heterocycles. The number of ether oxygens (including phenoxy) is 4. The highest BCUT2D eigenvalue weighted by Crippen LogP contribution is 2.40. The summed E-state index contributed by atoms with van der Waals surface area (Å²) in [5.74, 6) is 3.00. The van der Waals surface area contributed by atoms with Crippen molar-refractivity contribution in [2.75, 3.05) is 18.2 Å². The van der Waals surface area contributed by atoms with Gasteiger partial charge < -0.3 is 34.7 Å². The number of hydrogen-bond acceptors (Lipinski definition) is 7. The fraction of sp³-hybridized carbons (Fsp3) is 0.205. The molecule has 5 aromatic carbocycles. The van der Waals surface area contributed by atoms with E-state index in [0.29, 0.717) is 24.4 Å². The fourth-order valence-electron chi connectivity index (χ4n) is 5.32. The number of thioether (sulfide) groups is 1. The number of hydrogen-bond donors (Lipinski definition) is 3. The minimum Gasteiger partial charge on any atom is -0.496 e. The zero-order valence-electron chi connectivity index (χ0n) is 26.6. The van der Waals surface area contributed by atoms with Crippen LogP contribution in [0.2, 0.25) is 0 Å². The molecule has 1 aliphatic rings. The Labute approximate surface area is 285 Å². The zero-order chi connectivity index (χ0) is 33.1. The van der Waals surface area contributed by atoms with Crippen molar-refractivity contribution in [1.29, 1.82) is 0 Å². The van der Waals surface area contributed by atoms with Gasteiger partial charge in [0.25, 0.3) is 0 Å². The number of urea groups is 1. The molecule has 1 aliphatic heterocycles. The van der Waals surface area contributed by atoms with E-state index in [1.54, 1.807) is 31.0 Å². The third-order valence-corrected chi connectivity index (χ3v) is 9.09. The lowest BCUT2D eigenvalue weighted by Crippen LogP contribution is -2.31. The van der Waals surface area contributed by atoms with E-state index >= 15 is 0 Å². The van der Waals surface area contributed by atoms with Gasteiger partial charge in [-0.15, -0.1) is 11.8 Å². The van der Waals surface area contributed by atoms with Crippen LogP contribution in [0.15, 0.2) is 132 Å². The first kappa shape index (κ1) is 33.1. The molecule has 0 unspecified atom stereocenters. The van der Waals surface area contributed by atoms with Crippen LogP contribution in [0.5, 0.6) is 17.2 Å². The van der Waals surface area contributed by atoms with E-state index in [0.717, 1.165) is 44.4 Å². The minimum atomic E-state index is -0.566. The van der Waals surface area contributed by atoms with E-state index in [1.807, 2.05) is 109 Å². The first-order valence-electron chi connectivity index (χ1n) is 15.8. The summed E-state index contributed by atoms with van der Waals surface area (Å²) >= 11 is 1.70. The van der Waals surface area contributed by atoms with Crippen LogP contribution in [0.4, 0.5) is 10.5 Å². The number of nitrogens with one attached hydrogen (secondary N) is 2. The molecule has 1 saturated heterocycles. The molecule has 1 heterocycles. The molecule has 8 nitrogen and oxygen atoms in total. The third-order valence-electron chi connectivity index (χ3n) is 7.90. The second kappa shape index (κ2) is 16.3. The highest BCUT2D eigenvalue weighted by Gasteiger charge is 2.32. The Morgan fingerprint density at radius 1 is 0.792 bits per heavy atom. The average molecular weight is 663 g/mol. The maximum absolute atomic E-state index is 12.6. The van der Waals surface area contributed by atoms with Gasteiger partial charge in [0.05, 0.1) is 25.9 Å². The van der Waals surface area contributed by atoms with Crippen LogP contribution in [-0.2, 0) is 22.6 Å². The van der Waals surface area contributed by atoms with Crippen LogP contribution in [0.1, 0.15) is 41.1 Å². The Morgan fingerprint density at radius 3 is 2.19 bits per heavy atom. The number of para-hydroxylation sites is 2. The second-order valence-electron chi connectivity index (χ2n) is 11.3. The van der Waals surface area contributed by atoms with Gasteiger partial charge in [0.15, 0.2) is 6.29 Å². The highest BCUT2D eigenvalue weighted by molar-refractivity contribution is 7.99. The number of benzene rings is 5. The standard InChI is InChI=1S/C39H38N2O6S/c1-44-35-9-5-6-10-37(35)48-26-34-23-36(29-15-13-28(25-42)14-16-29)47-38(46-34)30-17-11-27(12-18-30)24-40-39(43)41-31-19-21-33(22-20-31)45-32-7-3-2-4-8-32/h2-22,34,36,38,42H,23-26H2,1H3,(H2,40,41,43)/t34-,36+,38+/m1/s1. The molecule has 5 aromatic rings. The first-order valence-corrected chi connectivity index (χ1v) is 16.8. The van der Waals surface area contributed by atoms with Crippen LogP contribution in [0.3, 0.4) is 0 Å². The Hall–Kier alpha value is -4.80. The number of carbonyl (C=O) groups is 1. The predicted molar refractivity (Wildman–Crippen MR) is 187 cm³/mol. The first-order chi connectivity index (χ1) is 23.6. The van der Waals surface area contributed by atoms with Gasteiger partial charge in [-0.05, 0) is 65.2 Å². The Kier molecular flexibility index (Phi) is 11.3. The van der Waals surface area contributed by atoms with E-state index in [1.165, 1.54) is 0 Å². The van der Waals surface area contributed by atoms with Crippen molar-refractivity contribution in [3.8, 4) is 17.2 Å². The molecular weight excluding hydrogens is 625 g/mol.